The van der Waals surface area contributed by atoms with E-state index in [1.54, 1.807) is 12.1 Å². The first-order valence-corrected chi connectivity index (χ1v) is 13.8. The third-order valence-corrected chi connectivity index (χ3v) is 8.85. The van der Waals surface area contributed by atoms with Crippen molar-refractivity contribution in [2.45, 2.75) is 18.5 Å². The molecule has 208 valence electrons. The molecule has 5 rings (SSSR count). The van der Waals surface area contributed by atoms with Crippen LogP contribution in [0, 0.1) is 0 Å². The number of rotatable bonds is 7. The van der Waals surface area contributed by atoms with Crippen molar-refractivity contribution < 1.29 is 22.2 Å². The summed E-state index contributed by atoms with van der Waals surface area (Å²) in [6.07, 6.45) is 3.11. The molecule has 3 heterocycles. The number of fused-ring (bicyclic) bond motifs is 1. The molecule has 1 amide bonds. The van der Waals surface area contributed by atoms with Crippen LogP contribution in [0.2, 0.25) is 0 Å². The lowest BCUT2D eigenvalue weighted by Gasteiger charge is -2.33. The van der Waals surface area contributed by atoms with Crippen molar-refractivity contribution in [2.24, 2.45) is 11.4 Å². The van der Waals surface area contributed by atoms with Crippen molar-refractivity contribution in [3.8, 4) is 22.4 Å². The molecule has 1 atom stereocenters. The van der Waals surface area contributed by atoms with E-state index < -0.39 is 15.4 Å². The van der Waals surface area contributed by atoms with Crippen molar-refractivity contribution in [1.82, 2.24) is 24.2 Å². The smallest absolute Gasteiger partial charge is 0.383 e. The van der Waals surface area contributed by atoms with E-state index >= 15 is 0 Å². The Kier molecular flexibility index (Phi) is 7.10. The molecule has 4 aromatic rings. The van der Waals surface area contributed by atoms with E-state index in [4.69, 9.17) is 5.73 Å². The molecule has 3 N–H and O–H groups in total. The van der Waals surface area contributed by atoms with Crippen LogP contribution < -0.4 is 11.1 Å². The minimum absolute atomic E-state index is 0.0464. The summed E-state index contributed by atoms with van der Waals surface area (Å²) in [6.45, 7) is 3.93. The van der Waals surface area contributed by atoms with E-state index in [0.29, 0.717) is 35.1 Å². The van der Waals surface area contributed by atoms with E-state index in [-0.39, 0.29) is 30.5 Å². The number of aryl methyl sites for hydroxylation is 1. The molecule has 0 spiro atoms. The maximum Gasteiger partial charge on any atom is 0.493 e. The molecule has 9 nitrogen and oxygen atoms in total. The molecule has 13 heteroatoms. The highest BCUT2D eigenvalue weighted by Crippen LogP contribution is 2.42. The summed E-state index contributed by atoms with van der Waals surface area (Å²) in [4.78, 5) is 20.1. The summed E-state index contributed by atoms with van der Waals surface area (Å²) in [5, 5.41) is 3.32. The third kappa shape index (κ3) is 4.82. The van der Waals surface area contributed by atoms with Crippen molar-refractivity contribution in [2.75, 3.05) is 18.8 Å². The van der Waals surface area contributed by atoms with Gasteiger partial charge in [-0.1, -0.05) is 43.0 Å². The minimum Gasteiger partial charge on any atom is -0.383 e. The van der Waals surface area contributed by atoms with E-state index in [0.717, 1.165) is 21.1 Å². The zero-order valence-electron chi connectivity index (χ0n) is 21.5. The van der Waals surface area contributed by atoms with Crippen molar-refractivity contribution in [1.29, 1.82) is 0 Å². The standard InChI is InChI=1S/C27H26F3N7O2S/c1-3-21(38)32-15-17-5-7-19(8-6-17)24-22(23-25(31)33-16-34-26(23)36(24)2)18-9-11-20(12-10-18)35-40(39,27(28,29)30)37-13-4-14-37/h3,5-12,16H,1,4,13-15H2,2H3,(H,32,38)(H2,31,33,34). The molecule has 1 aliphatic rings. The molecule has 40 heavy (non-hydrogen) atoms. The van der Waals surface area contributed by atoms with Gasteiger partial charge >= 0.3 is 5.51 Å². The van der Waals surface area contributed by atoms with Crippen LogP contribution in [0.5, 0.6) is 0 Å². The van der Waals surface area contributed by atoms with Gasteiger partial charge in [0, 0.05) is 32.2 Å². The second kappa shape index (κ2) is 10.4. The Morgan fingerprint density at radius 1 is 1.12 bits per heavy atom. The van der Waals surface area contributed by atoms with Crippen LogP contribution in [0.4, 0.5) is 24.7 Å². The third-order valence-electron chi connectivity index (χ3n) is 6.73. The van der Waals surface area contributed by atoms with E-state index in [1.165, 1.54) is 24.5 Å². The highest BCUT2D eigenvalue weighted by molar-refractivity contribution is 7.92. The molecule has 0 radical (unpaired) electrons. The molecule has 0 bridgehead atoms. The number of nitrogens with one attached hydrogen (secondary N) is 1. The number of nitrogen functional groups attached to an aromatic ring is 1. The van der Waals surface area contributed by atoms with Crippen LogP contribution in [0.25, 0.3) is 33.4 Å². The van der Waals surface area contributed by atoms with Gasteiger partial charge in [0.2, 0.25) is 15.8 Å². The minimum atomic E-state index is -4.98. The van der Waals surface area contributed by atoms with Crippen molar-refractivity contribution in [3.05, 3.63) is 73.1 Å². The average Bonchev–Trinajstić information content (AvgIpc) is 3.19. The first-order chi connectivity index (χ1) is 19.0. The molecule has 1 fully saturated rings. The highest BCUT2D eigenvalue weighted by atomic mass is 32.2. The zero-order valence-corrected chi connectivity index (χ0v) is 22.3. The number of nitrogens with two attached hydrogens (primary N) is 1. The van der Waals surface area contributed by atoms with Crippen LogP contribution in [0.15, 0.2) is 71.9 Å². The van der Waals surface area contributed by atoms with Crippen LogP contribution in [0.3, 0.4) is 0 Å². The van der Waals surface area contributed by atoms with E-state index in [9.17, 15) is 22.2 Å². The van der Waals surface area contributed by atoms with Crippen molar-refractivity contribution in [3.63, 3.8) is 0 Å². The Bertz CT molecular complexity index is 1720. The fraction of sp³-hybridized carbons (Fsp3) is 0.222. The summed E-state index contributed by atoms with van der Waals surface area (Å²) in [5.74, 6) is -0.0301. The van der Waals surface area contributed by atoms with E-state index in [2.05, 4.69) is 26.2 Å². The second-order valence-corrected chi connectivity index (χ2v) is 11.4. The lowest BCUT2D eigenvalue weighted by Crippen LogP contribution is -2.47. The lowest BCUT2D eigenvalue weighted by atomic mass is 9.98. The van der Waals surface area contributed by atoms with Crippen LogP contribution in [0.1, 0.15) is 12.0 Å². The number of hydrogen-bond acceptors (Lipinski definition) is 6. The Hall–Kier alpha value is -4.23. The predicted octanol–water partition coefficient (Wildman–Crippen LogP) is 4.93. The topological polar surface area (TPSA) is 118 Å². The first-order valence-electron chi connectivity index (χ1n) is 12.3. The van der Waals surface area contributed by atoms with Gasteiger partial charge in [0.25, 0.3) is 0 Å². The first kappa shape index (κ1) is 27.3. The number of hydrogen-bond donors (Lipinski definition) is 2. The van der Waals surface area contributed by atoms with Gasteiger partial charge in [-0.15, -0.1) is 0 Å². The monoisotopic (exact) mass is 569 g/mol. The highest BCUT2D eigenvalue weighted by Gasteiger charge is 2.49. The zero-order chi connectivity index (χ0) is 28.7. The van der Waals surface area contributed by atoms with Crippen LogP contribution in [-0.2, 0) is 28.3 Å². The Balaban J connectivity index is 1.60. The number of carbonyl (C=O) groups is 1. The number of amides is 1. The number of anilines is 1. The Morgan fingerprint density at radius 3 is 2.35 bits per heavy atom. The summed E-state index contributed by atoms with van der Waals surface area (Å²) < 4.78 is 60.5. The number of aromatic nitrogens is 3. The molecule has 1 unspecified atom stereocenters. The van der Waals surface area contributed by atoms with Gasteiger partial charge < -0.3 is 15.6 Å². The number of halogens is 3. The summed E-state index contributed by atoms with van der Waals surface area (Å²) in [7, 11) is -2.77. The molecule has 2 aromatic heterocycles. The van der Waals surface area contributed by atoms with Gasteiger partial charge in [-0.2, -0.15) is 17.5 Å². The van der Waals surface area contributed by atoms with E-state index in [1.807, 2.05) is 35.9 Å². The van der Waals surface area contributed by atoms with Gasteiger partial charge in [-0.05, 0) is 41.3 Å². The number of carbonyl (C=O) groups excluding carboxylic acids is 1. The van der Waals surface area contributed by atoms with Gasteiger partial charge in [-0.25, -0.2) is 18.5 Å². The van der Waals surface area contributed by atoms with Crippen molar-refractivity contribution >= 4 is 38.4 Å². The quantitative estimate of drug-likeness (QED) is 0.306. The summed E-state index contributed by atoms with van der Waals surface area (Å²) >= 11 is 0. The molecule has 2 aromatic carbocycles. The average molecular weight is 570 g/mol. The predicted molar refractivity (Wildman–Crippen MR) is 148 cm³/mol. The van der Waals surface area contributed by atoms with Gasteiger partial charge in [-0.3, -0.25) is 4.79 Å². The molecule has 0 saturated carbocycles. The second-order valence-electron chi connectivity index (χ2n) is 9.22. The lowest BCUT2D eigenvalue weighted by molar-refractivity contribution is -0.116. The SMILES string of the molecule is C=CC(=O)NCc1ccc(-c2c(-c3ccc(N=S(=O)(N4CCC4)C(F)(F)F)cc3)c3c(N)ncnc3n2C)cc1. The number of benzene rings is 2. The maximum absolute atomic E-state index is 13.7. The molecule has 1 aliphatic heterocycles. The molecule has 1 saturated heterocycles. The van der Waals surface area contributed by atoms with Crippen LogP contribution >= 0.6 is 0 Å². The number of alkyl halides is 3. The fourth-order valence-corrected chi connectivity index (χ4v) is 6.23. The fourth-order valence-electron chi connectivity index (χ4n) is 4.56. The van der Waals surface area contributed by atoms with Gasteiger partial charge in [0.1, 0.15) is 17.8 Å². The molecular weight excluding hydrogens is 543 g/mol. The normalized spacial score (nSPS) is 15.3. The molecule has 0 aliphatic carbocycles. The van der Waals surface area contributed by atoms with Crippen LogP contribution in [-0.4, -0.2) is 47.6 Å². The van der Waals surface area contributed by atoms with Gasteiger partial charge in [0.15, 0.2) is 0 Å². The Labute approximate surface area is 228 Å². The van der Waals surface area contributed by atoms with Gasteiger partial charge in [0.05, 0.1) is 16.8 Å². The summed E-state index contributed by atoms with van der Waals surface area (Å²) in [6, 6.07) is 13.6. The Morgan fingerprint density at radius 2 is 1.77 bits per heavy atom. The largest absolute Gasteiger partial charge is 0.493 e. The number of nitrogens with zero attached hydrogens (tertiary/aromatic N) is 5. The molecular formula is C27H26F3N7O2S. The summed E-state index contributed by atoms with van der Waals surface area (Å²) in [5.41, 5.74) is 5.61. The maximum atomic E-state index is 13.7.